The van der Waals surface area contributed by atoms with Gasteiger partial charge in [-0.1, -0.05) is 24.3 Å². The fourth-order valence-corrected chi connectivity index (χ4v) is 2.49. The van der Waals surface area contributed by atoms with Crippen LogP contribution in [0.4, 0.5) is 5.69 Å². The first-order chi connectivity index (χ1) is 8.84. The molecule has 1 atom stereocenters. The molecule has 0 bridgehead atoms. The number of aryl methyl sites for hydroxylation is 1. The monoisotopic (exact) mass is 240 g/mol. The van der Waals surface area contributed by atoms with Crippen molar-refractivity contribution in [2.75, 3.05) is 5.73 Å². The highest BCUT2D eigenvalue weighted by atomic mass is 16.5. The van der Waals surface area contributed by atoms with E-state index in [4.69, 9.17) is 10.5 Å². The smallest absolute Gasteiger partial charge is 0.146 e. The summed E-state index contributed by atoms with van der Waals surface area (Å²) in [5, 5.41) is 0. The normalized spacial score (nSPS) is 18.1. The summed E-state index contributed by atoms with van der Waals surface area (Å²) in [4.78, 5) is 3.98. The number of pyridine rings is 1. The standard InChI is InChI=1S/C15H16N2O/c16-13-10-17-9-8-15(13)18-14-7-3-5-11-4-1-2-6-12(11)14/h1-2,4,6,8-10,14H,3,5,7,16H2. The van der Waals surface area contributed by atoms with Crippen LogP contribution in [0.2, 0.25) is 0 Å². The van der Waals surface area contributed by atoms with Gasteiger partial charge in [-0.3, -0.25) is 4.98 Å². The number of anilines is 1. The Hall–Kier alpha value is -2.03. The van der Waals surface area contributed by atoms with Crippen LogP contribution < -0.4 is 10.5 Å². The van der Waals surface area contributed by atoms with E-state index < -0.39 is 0 Å². The maximum Gasteiger partial charge on any atom is 0.146 e. The van der Waals surface area contributed by atoms with Crippen molar-refractivity contribution >= 4 is 5.69 Å². The molecule has 18 heavy (non-hydrogen) atoms. The number of ether oxygens (including phenoxy) is 1. The van der Waals surface area contributed by atoms with E-state index in [0.717, 1.165) is 25.0 Å². The number of aromatic nitrogens is 1. The van der Waals surface area contributed by atoms with Gasteiger partial charge in [0.25, 0.3) is 0 Å². The predicted molar refractivity (Wildman–Crippen MR) is 71.4 cm³/mol. The fraction of sp³-hybridized carbons (Fsp3) is 0.267. The zero-order chi connectivity index (χ0) is 12.4. The van der Waals surface area contributed by atoms with E-state index in [1.165, 1.54) is 11.1 Å². The summed E-state index contributed by atoms with van der Waals surface area (Å²) >= 11 is 0. The summed E-state index contributed by atoms with van der Waals surface area (Å²) < 4.78 is 6.05. The Labute approximate surface area is 107 Å². The zero-order valence-electron chi connectivity index (χ0n) is 10.2. The van der Waals surface area contributed by atoms with Gasteiger partial charge < -0.3 is 10.5 Å². The van der Waals surface area contributed by atoms with Crippen LogP contribution in [0.3, 0.4) is 0 Å². The van der Waals surface area contributed by atoms with Crippen LogP contribution in [0.25, 0.3) is 0 Å². The van der Waals surface area contributed by atoms with Crippen molar-refractivity contribution in [1.82, 2.24) is 4.98 Å². The topological polar surface area (TPSA) is 48.1 Å². The number of hydrogen-bond donors (Lipinski definition) is 1. The Morgan fingerprint density at radius 3 is 3.00 bits per heavy atom. The molecular formula is C15H16N2O. The quantitative estimate of drug-likeness (QED) is 0.877. The van der Waals surface area contributed by atoms with Crippen LogP contribution in [-0.4, -0.2) is 4.98 Å². The highest BCUT2D eigenvalue weighted by molar-refractivity contribution is 5.50. The Bertz CT molecular complexity index is 554. The molecule has 1 unspecified atom stereocenters. The first kappa shape index (κ1) is 11.1. The van der Waals surface area contributed by atoms with Crippen molar-refractivity contribution in [2.24, 2.45) is 0 Å². The number of hydrogen-bond acceptors (Lipinski definition) is 3. The lowest BCUT2D eigenvalue weighted by molar-refractivity contribution is 0.184. The van der Waals surface area contributed by atoms with E-state index >= 15 is 0 Å². The van der Waals surface area contributed by atoms with Crippen molar-refractivity contribution in [3.63, 3.8) is 0 Å². The Balaban J connectivity index is 1.89. The van der Waals surface area contributed by atoms with E-state index in [9.17, 15) is 0 Å². The molecule has 1 aliphatic carbocycles. The lowest BCUT2D eigenvalue weighted by Crippen LogP contribution is -2.15. The Kier molecular flexibility index (Phi) is 2.89. The number of nitrogen functional groups attached to an aromatic ring is 1. The summed E-state index contributed by atoms with van der Waals surface area (Å²) in [5.41, 5.74) is 9.15. The van der Waals surface area contributed by atoms with Gasteiger partial charge in [-0.15, -0.1) is 0 Å². The van der Waals surface area contributed by atoms with E-state index in [2.05, 4.69) is 29.2 Å². The molecule has 1 aromatic carbocycles. The van der Waals surface area contributed by atoms with Gasteiger partial charge in [0.2, 0.25) is 0 Å². The third-order valence-corrected chi connectivity index (χ3v) is 3.39. The largest absolute Gasteiger partial charge is 0.483 e. The van der Waals surface area contributed by atoms with Crippen LogP contribution in [0.1, 0.15) is 30.1 Å². The minimum absolute atomic E-state index is 0.111. The second kappa shape index (κ2) is 4.69. The summed E-state index contributed by atoms with van der Waals surface area (Å²) in [6.45, 7) is 0. The van der Waals surface area contributed by atoms with E-state index in [1.807, 2.05) is 6.07 Å². The number of nitrogens with zero attached hydrogens (tertiary/aromatic N) is 1. The minimum Gasteiger partial charge on any atom is -0.483 e. The van der Waals surface area contributed by atoms with Gasteiger partial charge in [0.15, 0.2) is 0 Å². The van der Waals surface area contributed by atoms with Crippen LogP contribution >= 0.6 is 0 Å². The van der Waals surface area contributed by atoms with Crippen LogP contribution in [0.15, 0.2) is 42.7 Å². The molecular weight excluding hydrogens is 224 g/mol. The molecule has 0 saturated carbocycles. The maximum absolute atomic E-state index is 6.05. The van der Waals surface area contributed by atoms with Crippen molar-refractivity contribution in [3.05, 3.63) is 53.9 Å². The van der Waals surface area contributed by atoms with Gasteiger partial charge in [-0.25, -0.2) is 0 Å². The lowest BCUT2D eigenvalue weighted by atomic mass is 9.89. The van der Waals surface area contributed by atoms with Crippen molar-refractivity contribution in [1.29, 1.82) is 0 Å². The van der Waals surface area contributed by atoms with Gasteiger partial charge in [-0.05, 0) is 30.4 Å². The molecule has 92 valence electrons. The first-order valence-electron chi connectivity index (χ1n) is 6.28. The van der Waals surface area contributed by atoms with Gasteiger partial charge in [-0.2, -0.15) is 0 Å². The molecule has 1 aromatic heterocycles. The van der Waals surface area contributed by atoms with E-state index in [1.54, 1.807) is 12.4 Å². The Morgan fingerprint density at radius 2 is 2.11 bits per heavy atom. The van der Waals surface area contributed by atoms with Crippen LogP contribution in [0, 0.1) is 0 Å². The minimum atomic E-state index is 0.111. The van der Waals surface area contributed by atoms with E-state index in [0.29, 0.717) is 5.69 Å². The summed E-state index contributed by atoms with van der Waals surface area (Å²) in [6, 6.07) is 10.3. The number of nitrogens with two attached hydrogens (primary N) is 1. The van der Waals surface area contributed by atoms with E-state index in [-0.39, 0.29) is 6.10 Å². The highest BCUT2D eigenvalue weighted by Crippen LogP contribution is 2.34. The molecule has 2 N–H and O–H groups in total. The molecule has 3 rings (SSSR count). The number of rotatable bonds is 2. The highest BCUT2D eigenvalue weighted by Gasteiger charge is 2.21. The molecule has 2 aromatic rings. The molecule has 0 fully saturated rings. The molecule has 0 amide bonds. The van der Waals surface area contributed by atoms with Gasteiger partial charge in [0.1, 0.15) is 11.9 Å². The van der Waals surface area contributed by atoms with Crippen LogP contribution in [0.5, 0.6) is 5.75 Å². The zero-order valence-corrected chi connectivity index (χ0v) is 10.2. The second-order valence-corrected chi connectivity index (χ2v) is 4.61. The number of fused-ring (bicyclic) bond motifs is 1. The third-order valence-electron chi connectivity index (χ3n) is 3.39. The van der Waals surface area contributed by atoms with Gasteiger partial charge in [0.05, 0.1) is 11.9 Å². The predicted octanol–water partition coefficient (Wildman–Crippen LogP) is 3.12. The molecule has 1 heterocycles. The average Bonchev–Trinajstić information content (AvgIpc) is 2.42. The van der Waals surface area contributed by atoms with Crippen molar-refractivity contribution in [2.45, 2.75) is 25.4 Å². The summed E-state index contributed by atoms with van der Waals surface area (Å²) in [6.07, 6.45) is 6.79. The molecule has 1 aliphatic rings. The molecule has 0 radical (unpaired) electrons. The molecule has 3 heteroatoms. The lowest BCUT2D eigenvalue weighted by Gasteiger charge is -2.26. The van der Waals surface area contributed by atoms with Crippen LogP contribution in [-0.2, 0) is 6.42 Å². The average molecular weight is 240 g/mol. The summed E-state index contributed by atoms with van der Waals surface area (Å²) in [5.74, 6) is 0.728. The van der Waals surface area contributed by atoms with Crippen molar-refractivity contribution < 1.29 is 4.74 Å². The first-order valence-corrected chi connectivity index (χ1v) is 6.28. The van der Waals surface area contributed by atoms with Gasteiger partial charge >= 0.3 is 0 Å². The summed E-state index contributed by atoms with van der Waals surface area (Å²) in [7, 11) is 0. The number of benzene rings is 1. The van der Waals surface area contributed by atoms with Crippen molar-refractivity contribution in [3.8, 4) is 5.75 Å². The SMILES string of the molecule is Nc1cnccc1OC1CCCc2ccccc21. The molecule has 0 spiro atoms. The maximum atomic E-state index is 6.05. The fourth-order valence-electron chi connectivity index (χ4n) is 2.49. The molecule has 0 saturated heterocycles. The van der Waals surface area contributed by atoms with Gasteiger partial charge in [0, 0.05) is 12.3 Å². The third kappa shape index (κ3) is 2.04. The second-order valence-electron chi connectivity index (χ2n) is 4.61. The Morgan fingerprint density at radius 1 is 1.22 bits per heavy atom. The molecule has 0 aliphatic heterocycles. The molecule has 3 nitrogen and oxygen atoms in total.